The van der Waals surface area contributed by atoms with E-state index in [0.29, 0.717) is 31.7 Å². The molecule has 168 valence electrons. The molecule has 0 aliphatic rings. The summed E-state index contributed by atoms with van der Waals surface area (Å²) in [6.07, 6.45) is 1.26. The summed E-state index contributed by atoms with van der Waals surface area (Å²) in [5.74, 6) is -0.433. The fourth-order valence-corrected chi connectivity index (χ4v) is 2.62. The SMILES string of the molecule is CN(C)CCNC(=O)c1coc(CN(CCN(C)C)C(=O)c2ccc([N+](=O)[O-])cc2)n1. The van der Waals surface area contributed by atoms with Crippen molar-refractivity contribution >= 4 is 17.5 Å². The van der Waals surface area contributed by atoms with Gasteiger partial charge in [0.25, 0.3) is 17.5 Å². The Morgan fingerprint density at radius 2 is 1.71 bits per heavy atom. The molecule has 31 heavy (non-hydrogen) atoms. The number of amides is 2. The van der Waals surface area contributed by atoms with E-state index < -0.39 is 4.92 Å². The van der Waals surface area contributed by atoms with Crippen LogP contribution in [0.15, 0.2) is 34.9 Å². The molecule has 0 spiro atoms. The average Bonchev–Trinajstić information content (AvgIpc) is 3.19. The first kappa shape index (κ1) is 24.0. The van der Waals surface area contributed by atoms with Crippen LogP contribution in [-0.4, -0.2) is 90.8 Å². The molecule has 0 aliphatic heterocycles. The molecule has 2 aromatic rings. The maximum atomic E-state index is 13.0. The van der Waals surface area contributed by atoms with Gasteiger partial charge < -0.3 is 24.4 Å². The van der Waals surface area contributed by atoms with Gasteiger partial charge in [-0.05, 0) is 40.3 Å². The minimum atomic E-state index is -0.518. The fraction of sp³-hybridized carbons (Fsp3) is 0.450. The van der Waals surface area contributed by atoms with Crippen molar-refractivity contribution in [2.75, 3.05) is 54.4 Å². The van der Waals surface area contributed by atoms with Gasteiger partial charge in [0.1, 0.15) is 6.26 Å². The van der Waals surface area contributed by atoms with Crippen molar-refractivity contribution in [1.82, 2.24) is 25.0 Å². The monoisotopic (exact) mass is 432 g/mol. The first-order chi connectivity index (χ1) is 14.7. The van der Waals surface area contributed by atoms with Gasteiger partial charge in [-0.2, -0.15) is 0 Å². The Hall–Kier alpha value is -3.31. The molecule has 2 amide bonds. The first-order valence-corrected chi connectivity index (χ1v) is 9.73. The average molecular weight is 432 g/mol. The maximum Gasteiger partial charge on any atom is 0.273 e. The Labute approximate surface area is 180 Å². The van der Waals surface area contributed by atoms with E-state index in [1.165, 1.54) is 35.4 Å². The first-order valence-electron chi connectivity index (χ1n) is 9.73. The van der Waals surface area contributed by atoms with Crippen molar-refractivity contribution in [2.45, 2.75) is 6.54 Å². The summed E-state index contributed by atoms with van der Waals surface area (Å²) in [5.41, 5.74) is 0.371. The van der Waals surface area contributed by atoms with E-state index in [2.05, 4.69) is 10.3 Å². The van der Waals surface area contributed by atoms with Gasteiger partial charge in [0.15, 0.2) is 5.69 Å². The summed E-state index contributed by atoms with van der Waals surface area (Å²) >= 11 is 0. The molecular formula is C20H28N6O5. The molecule has 0 unspecified atom stereocenters. The molecule has 1 aromatic carbocycles. The van der Waals surface area contributed by atoms with Gasteiger partial charge in [-0.15, -0.1) is 0 Å². The maximum absolute atomic E-state index is 13.0. The summed E-state index contributed by atoms with van der Waals surface area (Å²) < 4.78 is 5.41. The van der Waals surface area contributed by atoms with Crippen LogP contribution in [0.4, 0.5) is 5.69 Å². The quantitative estimate of drug-likeness (QED) is 0.413. The number of benzene rings is 1. The van der Waals surface area contributed by atoms with Gasteiger partial charge in [-0.3, -0.25) is 19.7 Å². The number of oxazole rings is 1. The van der Waals surface area contributed by atoms with Crippen molar-refractivity contribution in [3.63, 3.8) is 0 Å². The Balaban J connectivity index is 2.10. The molecule has 0 radical (unpaired) electrons. The van der Waals surface area contributed by atoms with E-state index in [9.17, 15) is 19.7 Å². The van der Waals surface area contributed by atoms with Crippen molar-refractivity contribution in [2.24, 2.45) is 0 Å². The molecule has 0 atom stereocenters. The number of hydrogen-bond donors (Lipinski definition) is 1. The van der Waals surface area contributed by atoms with E-state index in [0.717, 1.165) is 0 Å². The van der Waals surface area contributed by atoms with Gasteiger partial charge in [-0.25, -0.2) is 4.98 Å². The lowest BCUT2D eigenvalue weighted by Crippen LogP contribution is -2.36. The zero-order valence-corrected chi connectivity index (χ0v) is 18.2. The van der Waals surface area contributed by atoms with Gasteiger partial charge in [0.05, 0.1) is 11.5 Å². The second kappa shape index (κ2) is 11.2. The molecule has 1 N–H and O–H groups in total. The third-order valence-electron chi connectivity index (χ3n) is 4.38. The van der Waals surface area contributed by atoms with Crippen LogP contribution in [0.25, 0.3) is 0 Å². The summed E-state index contributed by atoms with van der Waals surface area (Å²) in [6.45, 7) is 2.21. The zero-order chi connectivity index (χ0) is 23.0. The van der Waals surface area contributed by atoms with E-state index in [4.69, 9.17) is 4.42 Å². The molecule has 0 bridgehead atoms. The topological polar surface area (TPSA) is 125 Å². The van der Waals surface area contributed by atoms with Crippen molar-refractivity contribution in [3.8, 4) is 0 Å². The normalized spacial score (nSPS) is 11.0. The van der Waals surface area contributed by atoms with Gasteiger partial charge in [-0.1, -0.05) is 0 Å². The Kier molecular flexibility index (Phi) is 8.64. The Bertz CT molecular complexity index is 894. The van der Waals surface area contributed by atoms with Crippen LogP contribution in [0.2, 0.25) is 0 Å². The third-order valence-corrected chi connectivity index (χ3v) is 4.38. The lowest BCUT2D eigenvalue weighted by Gasteiger charge is -2.23. The number of non-ortho nitro benzene ring substituents is 1. The summed E-state index contributed by atoms with van der Waals surface area (Å²) in [6, 6.07) is 5.42. The number of nitrogens with zero attached hydrogens (tertiary/aromatic N) is 5. The highest BCUT2D eigenvalue weighted by Gasteiger charge is 2.21. The highest BCUT2D eigenvalue weighted by atomic mass is 16.6. The number of rotatable bonds is 11. The molecule has 11 nitrogen and oxygen atoms in total. The minimum Gasteiger partial charge on any atom is -0.446 e. The van der Waals surface area contributed by atoms with Crippen LogP contribution in [-0.2, 0) is 6.54 Å². The van der Waals surface area contributed by atoms with E-state index in [1.807, 2.05) is 38.0 Å². The van der Waals surface area contributed by atoms with Crippen LogP contribution >= 0.6 is 0 Å². The Morgan fingerprint density at radius 1 is 1.06 bits per heavy atom. The van der Waals surface area contributed by atoms with Crippen LogP contribution in [0.5, 0.6) is 0 Å². The number of likely N-dealkylation sites (N-methyl/N-ethyl adjacent to an activating group) is 2. The lowest BCUT2D eigenvalue weighted by molar-refractivity contribution is -0.384. The smallest absolute Gasteiger partial charge is 0.273 e. The van der Waals surface area contributed by atoms with E-state index in [-0.39, 0.29) is 35.6 Å². The Morgan fingerprint density at radius 3 is 2.29 bits per heavy atom. The lowest BCUT2D eigenvalue weighted by atomic mass is 10.2. The molecule has 11 heteroatoms. The summed E-state index contributed by atoms with van der Waals surface area (Å²) in [4.78, 5) is 45.1. The van der Waals surface area contributed by atoms with Gasteiger partial charge in [0.2, 0.25) is 5.89 Å². The van der Waals surface area contributed by atoms with Crippen LogP contribution < -0.4 is 5.32 Å². The number of hydrogen-bond acceptors (Lipinski definition) is 8. The number of carbonyl (C=O) groups excluding carboxylic acids is 2. The number of aromatic nitrogens is 1. The molecule has 0 fully saturated rings. The molecule has 0 aliphatic carbocycles. The third kappa shape index (κ3) is 7.46. The molecule has 1 heterocycles. The largest absolute Gasteiger partial charge is 0.446 e. The molecule has 0 saturated carbocycles. The van der Waals surface area contributed by atoms with Crippen LogP contribution in [0.1, 0.15) is 26.7 Å². The highest BCUT2D eigenvalue weighted by Crippen LogP contribution is 2.15. The zero-order valence-electron chi connectivity index (χ0n) is 18.2. The van der Waals surface area contributed by atoms with Crippen molar-refractivity contribution in [3.05, 3.63) is 57.8 Å². The van der Waals surface area contributed by atoms with E-state index >= 15 is 0 Å². The number of nitrogens with one attached hydrogen (secondary N) is 1. The van der Waals surface area contributed by atoms with Gasteiger partial charge in [0, 0.05) is 43.9 Å². The molecule has 0 saturated heterocycles. The molecule has 1 aromatic heterocycles. The predicted molar refractivity (Wildman–Crippen MR) is 114 cm³/mol. The predicted octanol–water partition coefficient (Wildman–Crippen LogP) is 1.08. The number of nitro groups is 1. The summed E-state index contributed by atoms with van der Waals surface area (Å²) in [5, 5.41) is 13.6. The minimum absolute atomic E-state index is 0.0641. The van der Waals surface area contributed by atoms with Crippen LogP contribution in [0.3, 0.4) is 0 Å². The number of carbonyl (C=O) groups is 2. The fourth-order valence-electron chi connectivity index (χ4n) is 2.62. The highest BCUT2D eigenvalue weighted by molar-refractivity contribution is 5.94. The second-order valence-electron chi connectivity index (χ2n) is 7.52. The van der Waals surface area contributed by atoms with E-state index in [1.54, 1.807) is 0 Å². The number of nitro benzene ring substituents is 1. The van der Waals surface area contributed by atoms with Gasteiger partial charge >= 0.3 is 0 Å². The van der Waals surface area contributed by atoms with Crippen molar-refractivity contribution < 1.29 is 18.9 Å². The molecular weight excluding hydrogens is 404 g/mol. The summed E-state index contributed by atoms with van der Waals surface area (Å²) in [7, 11) is 7.58. The van der Waals surface area contributed by atoms with Crippen molar-refractivity contribution in [1.29, 1.82) is 0 Å². The standard InChI is InChI=1S/C20H28N6O5/c1-23(2)10-9-21-19(27)17-14-31-18(22-17)13-25(12-11-24(3)4)20(28)15-5-7-16(8-6-15)26(29)30/h5-8,14H,9-13H2,1-4H3,(H,21,27). The molecule has 2 rings (SSSR count). The second-order valence-corrected chi connectivity index (χ2v) is 7.52. The van der Waals surface area contributed by atoms with Crippen LogP contribution in [0, 0.1) is 10.1 Å².